The van der Waals surface area contributed by atoms with Crippen molar-refractivity contribution in [2.24, 2.45) is 5.10 Å². The van der Waals surface area contributed by atoms with Crippen LogP contribution in [0.3, 0.4) is 0 Å². The first kappa shape index (κ1) is 25.1. The average Bonchev–Trinajstić information content (AvgIpc) is 3.66. The van der Waals surface area contributed by atoms with Crippen LogP contribution in [0.15, 0.2) is 121 Å². The van der Waals surface area contributed by atoms with Gasteiger partial charge in [0.05, 0.1) is 28.7 Å². The topological polar surface area (TPSA) is 67.1 Å². The number of nitrogens with zero attached hydrogens (tertiary/aromatic N) is 4. The van der Waals surface area contributed by atoms with Crippen LogP contribution in [0.25, 0.3) is 27.8 Å². The zero-order valence-electron chi connectivity index (χ0n) is 22.4. The molecule has 0 aliphatic carbocycles. The number of hydrogen-bond donors (Lipinski definition) is 2. The molecule has 6 aromatic rings. The lowest BCUT2D eigenvalue weighted by Crippen LogP contribution is -2.10. The fraction of sp³-hybridized carbons (Fsp3) is 0.0882. The molecule has 1 aliphatic heterocycles. The van der Waals surface area contributed by atoms with Gasteiger partial charge in [0, 0.05) is 51.7 Å². The maximum atomic E-state index is 6.20. The van der Waals surface area contributed by atoms with Crippen LogP contribution in [0.5, 0.6) is 0 Å². The first-order chi connectivity index (χ1) is 20.1. The summed E-state index contributed by atoms with van der Waals surface area (Å²) in [5, 5.41) is 15.1. The summed E-state index contributed by atoms with van der Waals surface area (Å²) < 4.78 is 1.95. The van der Waals surface area contributed by atoms with E-state index in [1.54, 1.807) is 6.20 Å². The highest BCUT2D eigenvalue weighted by Crippen LogP contribution is 2.35. The van der Waals surface area contributed by atoms with Crippen LogP contribution in [0.2, 0.25) is 5.02 Å². The second-order valence-electron chi connectivity index (χ2n) is 10.2. The van der Waals surface area contributed by atoms with Gasteiger partial charge in [-0.3, -0.25) is 4.98 Å². The molecule has 2 aromatic heterocycles. The zero-order chi connectivity index (χ0) is 27.8. The van der Waals surface area contributed by atoms with E-state index in [0.29, 0.717) is 5.02 Å². The van der Waals surface area contributed by atoms with Crippen molar-refractivity contribution in [2.45, 2.75) is 19.4 Å². The fourth-order valence-electron chi connectivity index (χ4n) is 5.26. The Bertz CT molecular complexity index is 1890. The molecule has 0 saturated heterocycles. The van der Waals surface area contributed by atoms with E-state index in [-0.39, 0.29) is 6.04 Å². The Morgan fingerprint density at radius 3 is 2.59 bits per heavy atom. The Balaban J connectivity index is 1.24. The van der Waals surface area contributed by atoms with Crippen LogP contribution >= 0.6 is 11.6 Å². The summed E-state index contributed by atoms with van der Waals surface area (Å²) in [7, 11) is 0. The second kappa shape index (κ2) is 10.6. The summed E-state index contributed by atoms with van der Waals surface area (Å²) in [5.74, 6) is 0. The molecule has 0 amide bonds. The third kappa shape index (κ3) is 5.06. The Morgan fingerprint density at radius 2 is 1.73 bits per heavy atom. The minimum atomic E-state index is 0.00395. The summed E-state index contributed by atoms with van der Waals surface area (Å²) in [4.78, 5) is 4.47. The lowest BCUT2D eigenvalue weighted by atomic mass is 9.96. The van der Waals surface area contributed by atoms with Gasteiger partial charge in [-0.15, -0.1) is 0 Å². The normalized spacial score (nSPS) is 14.6. The van der Waals surface area contributed by atoms with E-state index in [4.69, 9.17) is 21.8 Å². The number of aryl methyl sites for hydroxylation is 1. The third-order valence-corrected chi connectivity index (χ3v) is 7.63. The smallest absolute Gasteiger partial charge is 0.0981 e. The van der Waals surface area contributed by atoms with Crippen molar-refractivity contribution in [1.82, 2.24) is 20.2 Å². The maximum absolute atomic E-state index is 6.20. The highest BCUT2D eigenvalue weighted by Gasteiger charge is 2.27. The molecule has 1 aliphatic rings. The molecule has 0 bridgehead atoms. The number of halogens is 1. The molecule has 7 rings (SSSR count). The van der Waals surface area contributed by atoms with Crippen molar-refractivity contribution in [3.63, 3.8) is 0 Å². The van der Waals surface area contributed by atoms with Crippen LogP contribution in [0.1, 0.15) is 29.2 Å². The maximum Gasteiger partial charge on any atom is 0.0981 e. The molecule has 2 N–H and O–H groups in total. The molecule has 1 unspecified atom stereocenters. The number of para-hydroxylation sites is 1. The van der Waals surface area contributed by atoms with Crippen LogP contribution in [0, 0.1) is 6.92 Å². The number of aromatic nitrogens is 3. The molecular weight excluding hydrogens is 528 g/mol. The number of hydrazone groups is 1. The molecule has 200 valence electrons. The van der Waals surface area contributed by atoms with Gasteiger partial charge in [0.15, 0.2) is 0 Å². The molecule has 7 heteroatoms. The highest BCUT2D eigenvalue weighted by atomic mass is 35.5. The molecule has 0 spiro atoms. The van der Waals surface area contributed by atoms with E-state index in [0.717, 1.165) is 62.5 Å². The number of hydrogen-bond acceptors (Lipinski definition) is 5. The van der Waals surface area contributed by atoms with Crippen LogP contribution in [-0.2, 0) is 0 Å². The molecule has 0 radical (unpaired) electrons. The van der Waals surface area contributed by atoms with E-state index >= 15 is 0 Å². The summed E-state index contributed by atoms with van der Waals surface area (Å²) in [6.45, 7) is 2.10. The largest absolute Gasteiger partial charge is 0.355 e. The fourth-order valence-corrected chi connectivity index (χ4v) is 5.42. The van der Waals surface area contributed by atoms with Crippen LogP contribution in [0.4, 0.5) is 11.4 Å². The van der Waals surface area contributed by atoms with E-state index < -0.39 is 0 Å². The Morgan fingerprint density at radius 1 is 0.878 bits per heavy atom. The predicted octanol–water partition coefficient (Wildman–Crippen LogP) is 8.23. The Kier molecular flexibility index (Phi) is 6.45. The summed E-state index contributed by atoms with van der Waals surface area (Å²) in [6.07, 6.45) is 4.69. The lowest BCUT2D eigenvalue weighted by Gasteiger charge is -2.13. The number of rotatable bonds is 6. The molecule has 3 heterocycles. The summed E-state index contributed by atoms with van der Waals surface area (Å²) >= 11 is 6.20. The molecular formula is C34H27ClN6. The molecule has 1 atom stereocenters. The first-order valence-electron chi connectivity index (χ1n) is 13.6. The van der Waals surface area contributed by atoms with Crippen molar-refractivity contribution in [2.75, 3.05) is 5.32 Å². The number of benzene rings is 4. The highest BCUT2D eigenvalue weighted by molar-refractivity contribution is 6.31. The number of anilines is 2. The van der Waals surface area contributed by atoms with Crippen molar-refractivity contribution in [3.8, 4) is 16.9 Å². The SMILES string of the molecule is Cc1ccc(C2=NNC(c3cn(-c4ccccc4)nc3-c3cccc(Nc4ccnc5cc(Cl)ccc45)c3)C2)cc1. The van der Waals surface area contributed by atoms with Crippen molar-refractivity contribution in [1.29, 1.82) is 0 Å². The molecule has 6 nitrogen and oxygen atoms in total. The van der Waals surface area contributed by atoms with Crippen molar-refractivity contribution in [3.05, 3.63) is 137 Å². The van der Waals surface area contributed by atoms with E-state index in [9.17, 15) is 0 Å². The van der Waals surface area contributed by atoms with Gasteiger partial charge in [-0.1, -0.05) is 71.8 Å². The van der Waals surface area contributed by atoms with Gasteiger partial charge >= 0.3 is 0 Å². The van der Waals surface area contributed by atoms with Crippen molar-refractivity contribution < 1.29 is 0 Å². The van der Waals surface area contributed by atoms with E-state index in [1.165, 1.54) is 5.56 Å². The number of nitrogens with one attached hydrogen (secondary N) is 2. The van der Waals surface area contributed by atoms with Gasteiger partial charge in [0.2, 0.25) is 0 Å². The van der Waals surface area contributed by atoms with Gasteiger partial charge in [0.1, 0.15) is 0 Å². The van der Waals surface area contributed by atoms with Crippen LogP contribution in [-0.4, -0.2) is 20.5 Å². The van der Waals surface area contributed by atoms with Crippen LogP contribution < -0.4 is 10.7 Å². The van der Waals surface area contributed by atoms with Gasteiger partial charge in [-0.05, 0) is 61.0 Å². The molecule has 0 saturated carbocycles. The molecule has 41 heavy (non-hydrogen) atoms. The van der Waals surface area contributed by atoms with Crippen molar-refractivity contribution >= 4 is 39.6 Å². The third-order valence-electron chi connectivity index (χ3n) is 7.40. The standard InChI is InChI=1S/C34H27ClN6/c1-22-10-12-23(13-11-22)31-20-33(39-38-31)29-21-41(27-8-3-2-4-9-27)40-34(29)24-6-5-7-26(18-24)37-30-16-17-36-32-19-25(35)14-15-28(30)32/h2-19,21,33,39H,20H2,1H3,(H,36,37). The summed E-state index contributed by atoms with van der Waals surface area (Å²) in [5.41, 5.74) is 13.6. The van der Waals surface area contributed by atoms with Gasteiger partial charge in [-0.25, -0.2) is 4.68 Å². The number of pyridine rings is 1. The Labute approximate surface area is 243 Å². The minimum absolute atomic E-state index is 0.00395. The van der Waals surface area contributed by atoms with E-state index in [1.807, 2.05) is 47.1 Å². The minimum Gasteiger partial charge on any atom is -0.355 e. The lowest BCUT2D eigenvalue weighted by molar-refractivity contribution is 0.621. The monoisotopic (exact) mass is 554 g/mol. The Hall–Kier alpha value is -4.94. The van der Waals surface area contributed by atoms with Gasteiger partial charge in [-0.2, -0.15) is 10.2 Å². The molecule has 4 aromatic carbocycles. The van der Waals surface area contributed by atoms with Gasteiger partial charge < -0.3 is 10.7 Å². The van der Waals surface area contributed by atoms with E-state index in [2.05, 4.69) is 89.5 Å². The quantitative estimate of drug-likeness (QED) is 0.217. The summed E-state index contributed by atoms with van der Waals surface area (Å²) in [6, 6.07) is 34.8. The average molecular weight is 555 g/mol. The molecule has 0 fully saturated rings. The first-order valence-corrected chi connectivity index (χ1v) is 13.9. The predicted molar refractivity (Wildman–Crippen MR) is 167 cm³/mol. The number of fused-ring (bicyclic) bond motifs is 1. The second-order valence-corrected chi connectivity index (χ2v) is 10.7. The zero-order valence-corrected chi connectivity index (χ0v) is 23.2. The van der Waals surface area contributed by atoms with Gasteiger partial charge in [0.25, 0.3) is 0 Å².